The average Bonchev–Trinajstić information content (AvgIpc) is 2.15. The van der Waals surface area contributed by atoms with E-state index in [2.05, 4.69) is 56.1 Å². The first-order valence-electron chi connectivity index (χ1n) is 4.70. The van der Waals surface area contributed by atoms with Gasteiger partial charge in [0, 0.05) is 11.8 Å². The zero-order valence-corrected chi connectivity index (χ0v) is 9.14. The first-order valence-corrected chi connectivity index (χ1v) is 5.21. The first kappa shape index (κ1) is 10.6. The molecule has 13 heavy (non-hydrogen) atoms. The second kappa shape index (κ2) is 5.30. The molecule has 1 aromatic rings. The average molecular weight is 195 g/mol. The summed E-state index contributed by atoms with van der Waals surface area (Å²) in [5.74, 6) is 0. The van der Waals surface area contributed by atoms with E-state index in [0.717, 1.165) is 13.1 Å². The van der Waals surface area contributed by atoms with Crippen LogP contribution >= 0.6 is 12.6 Å². The lowest BCUT2D eigenvalue weighted by molar-refractivity contribution is 0.708. The van der Waals surface area contributed by atoms with Gasteiger partial charge in [0.25, 0.3) is 0 Å². The van der Waals surface area contributed by atoms with E-state index in [9.17, 15) is 0 Å². The lowest BCUT2D eigenvalue weighted by Gasteiger charge is -2.13. The lowest BCUT2D eigenvalue weighted by atomic mass is 10.1. The normalized spacial score (nSPS) is 12.8. The molecule has 1 nitrogen and oxygen atoms in total. The highest BCUT2D eigenvalue weighted by Crippen LogP contribution is 2.21. The number of rotatable bonds is 4. The minimum Gasteiger partial charge on any atom is -0.316 e. The van der Waals surface area contributed by atoms with Crippen LogP contribution in [0.1, 0.15) is 23.3 Å². The molecule has 72 valence electrons. The maximum atomic E-state index is 4.56. The molecular weight excluding hydrogens is 178 g/mol. The van der Waals surface area contributed by atoms with Gasteiger partial charge in [-0.25, -0.2) is 0 Å². The molecule has 0 aliphatic carbocycles. The molecule has 0 bridgehead atoms. The number of hydrogen-bond acceptors (Lipinski definition) is 2. The SMILES string of the molecule is CCNCC(S)c1ccccc1C. The summed E-state index contributed by atoms with van der Waals surface area (Å²) in [7, 11) is 0. The topological polar surface area (TPSA) is 12.0 Å². The van der Waals surface area contributed by atoms with Crippen LogP contribution in [0.3, 0.4) is 0 Å². The smallest absolute Gasteiger partial charge is 0.0394 e. The Morgan fingerprint density at radius 3 is 2.69 bits per heavy atom. The van der Waals surface area contributed by atoms with Gasteiger partial charge in [0.05, 0.1) is 0 Å². The van der Waals surface area contributed by atoms with E-state index in [1.807, 2.05) is 0 Å². The van der Waals surface area contributed by atoms with Crippen LogP contribution in [-0.4, -0.2) is 13.1 Å². The van der Waals surface area contributed by atoms with Gasteiger partial charge in [0.1, 0.15) is 0 Å². The predicted molar refractivity (Wildman–Crippen MR) is 61.4 cm³/mol. The molecule has 0 aliphatic heterocycles. The maximum Gasteiger partial charge on any atom is 0.0394 e. The number of benzene rings is 1. The highest BCUT2D eigenvalue weighted by atomic mass is 32.1. The molecule has 0 aromatic heterocycles. The summed E-state index contributed by atoms with van der Waals surface area (Å²) < 4.78 is 0. The van der Waals surface area contributed by atoms with Gasteiger partial charge in [-0.2, -0.15) is 12.6 Å². The quantitative estimate of drug-likeness (QED) is 0.704. The van der Waals surface area contributed by atoms with Crippen molar-refractivity contribution in [1.29, 1.82) is 0 Å². The van der Waals surface area contributed by atoms with Crippen molar-refractivity contribution in [2.75, 3.05) is 13.1 Å². The molecule has 1 unspecified atom stereocenters. The monoisotopic (exact) mass is 195 g/mol. The van der Waals surface area contributed by atoms with Gasteiger partial charge in [-0.1, -0.05) is 31.2 Å². The van der Waals surface area contributed by atoms with Gasteiger partial charge in [-0.15, -0.1) is 0 Å². The van der Waals surface area contributed by atoms with Gasteiger partial charge in [-0.3, -0.25) is 0 Å². The first-order chi connectivity index (χ1) is 6.25. The molecule has 0 amide bonds. The molecule has 0 fully saturated rings. The highest BCUT2D eigenvalue weighted by Gasteiger charge is 2.06. The third-order valence-corrected chi connectivity index (χ3v) is 2.60. The van der Waals surface area contributed by atoms with E-state index in [-0.39, 0.29) is 0 Å². The number of aryl methyl sites for hydroxylation is 1. The number of thiol groups is 1. The van der Waals surface area contributed by atoms with Crippen molar-refractivity contribution in [2.45, 2.75) is 19.1 Å². The summed E-state index contributed by atoms with van der Waals surface area (Å²) >= 11 is 4.56. The summed E-state index contributed by atoms with van der Waals surface area (Å²) in [5.41, 5.74) is 2.65. The molecule has 1 N–H and O–H groups in total. The Kier molecular flexibility index (Phi) is 4.33. The molecule has 0 heterocycles. The van der Waals surface area contributed by atoms with E-state index >= 15 is 0 Å². The van der Waals surface area contributed by atoms with E-state index in [1.165, 1.54) is 11.1 Å². The molecule has 0 radical (unpaired) electrons. The van der Waals surface area contributed by atoms with Crippen molar-refractivity contribution in [3.8, 4) is 0 Å². The Hall–Kier alpha value is -0.470. The van der Waals surface area contributed by atoms with Crippen LogP contribution in [0, 0.1) is 6.92 Å². The molecule has 1 rings (SSSR count). The van der Waals surface area contributed by atoms with Crippen LogP contribution in [0.2, 0.25) is 0 Å². The molecule has 0 saturated heterocycles. The zero-order chi connectivity index (χ0) is 9.68. The van der Waals surface area contributed by atoms with Gasteiger partial charge in [0.2, 0.25) is 0 Å². The van der Waals surface area contributed by atoms with Crippen molar-refractivity contribution in [3.05, 3.63) is 35.4 Å². The van der Waals surface area contributed by atoms with Crippen LogP contribution in [0.4, 0.5) is 0 Å². The molecule has 0 aliphatic rings. The molecule has 1 aromatic carbocycles. The van der Waals surface area contributed by atoms with Crippen LogP contribution in [-0.2, 0) is 0 Å². The third-order valence-electron chi connectivity index (χ3n) is 2.14. The van der Waals surface area contributed by atoms with E-state index in [0.29, 0.717) is 5.25 Å². The van der Waals surface area contributed by atoms with Crippen molar-refractivity contribution in [1.82, 2.24) is 5.32 Å². The largest absolute Gasteiger partial charge is 0.316 e. The van der Waals surface area contributed by atoms with Gasteiger partial charge in [0.15, 0.2) is 0 Å². The Balaban J connectivity index is 2.65. The van der Waals surface area contributed by atoms with Crippen molar-refractivity contribution in [2.24, 2.45) is 0 Å². The van der Waals surface area contributed by atoms with Crippen LogP contribution in [0.5, 0.6) is 0 Å². The summed E-state index contributed by atoms with van der Waals surface area (Å²) in [6.45, 7) is 6.18. The Morgan fingerprint density at radius 2 is 2.08 bits per heavy atom. The van der Waals surface area contributed by atoms with Crippen LogP contribution in [0.25, 0.3) is 0 Å². The fourth-order valence-corrected chi connectivity index (χ4v) is 1.77. The van der Waals surface area contributed by atoms with Crippen molar-refractivity contribution in [3.63, 3.8) is 0 Å². The summed E-state index contributed by atoms with van der Waals surface area (Å²) in [4.78, 5) is 0. The molecular formula is C11H17NS. The highest BCUT2D eigenvalue weighted by molar-refractivity contribution is 7.80. The van der Waals surface area contributed by atoms with Gasteiger partial charge < -0.3 is 5.32 Å². The Bertz CT molecular complexity index is 260. The Labute approximate surface area is 86.0 Å². The standard InChI is InChI=1S/C11H17NS/c1-3-12-8-11(13)10-7-5-4-6-9(10)2/h4-7,11-13H,3,8H2,1-2H3. The zero-order valence-electron chi connectivity index (χ0n) is 8.25. The summed E-state index contributed by atoms with van der Waals surface area (Å²) in [6, 6.07) is 8.40. The Morgan fingerprint density at radius 1 is 1.38 bits per heavy atom. The second-order valence-corrected chi connectivity index (χ2v) is 3.80. The molecule has 1 atom stereocenters. The van der Waals surface area contributed by atoms with E-state index < -0.39 is 0 Å². The fraction of sp³-hybridized carbons (Fsp3) is 0.455. The summed E-state index contributed by atoms with van der Waals surface area (Å²) in [5, 5.41) is 3.60. The van der Waals surface area contributed by atoms with Gasteiger partial charge >= 0.3 is 0 Å². The second-order valence-electron chi connectivity index (χ2n) is 3.18. The van der Waals surface area contributed by atoms with Crippen LogP contribution < -0.4 is 5.32 Å². The predicted octanol–water partition coefficient (Wildman–Crippen LogP) is 2.58. The van der Waals surface area contributed by atoms with Gasteiger partial charge in [-0.05, 0) is 24.6 Å². The van der Waals surface area contributed by atoms with E-state index in [4.69, 9.17) is 0 Å². The minimum absolute atomic E-state index is 0.307. The third kappa shape index (κ3) is 3.05. The fourth-order valence-electron chi connectivity index (χ4n) is 1.35. The van der Waals surface area contributed by atoms with Crippen molar-refractivity contribution >= 4 is 12.6 Å². The summed E-state index contributed by atoms with van der Waals surface area (Å²) in [6.07, 6.45) is 0. The molecule has 0 saturated carbocycles. The van der Waals surface area contributed by atoms with Crippen LogP contribution in [0.15, 0.2) is 24.3 Å². The molecule has 0 spiro atoms. The van der Waals surface area contributed by atoms with E-state index in [1.54, 1.807) is 0 Å². The maximum absolute atomic E-state index is 4.56. The molecule has 2 heteroatoms. The number of nitrogens with one attached hydrogen (secondary N) is 1. The number of likely N-dealkylation sites (N-methyl/N-ethyl adjacent to an activating group) is 1. The minimum atomic E-state index is 0.307. The lowest BCUT2D eigenvalue weighted by Crippen LogP contribution is -2.18. The number of hydrogen-bond donors (Lipinski definition) is 2. The van der Waals surface area contributed by atoms with Crippen molar-refractivity contribution < 1.29 is 0 Å².